The molecular formula is C23H23F5N4O7S. The van der Waals surface area contributed by atoms with Crippen molar-refractivity contribution in [1.29, 1.82) is 0 Å². The van der Waals surface area contributed by atoms with Crippen LogP contribution in [0.15, 0.2) is 41.3 Å². The van der Waals surface area contributed by atoms with Gasteiger partial charge in [0.1, 0.15) is 5.82 Å². The van der Waals surface area contributed by atoms with Gasteiger partial charge in [-0.2, -0.15) is 4.31 Å². The first kappa shape index (κ1) is 30.6. The first-order valence-electron chi connectivity index (χ1n) is 11.6. The number of halogens is 5. The van der Waals surface area contributed by atoms with Gasteiger partial charge in [0.15, 0.2) is 11.6 Å². The van der Waals surface area contributed by atoms with Crippen molar-refractivity contribution < 1.29 is 54.6 Å². The summed E-state index contributed by atoms with van der Waals surface area (Å²) >= 11 is 0. The van der Waals surface area contributed by atoms with Crippen LogP contribution in [0.4, 0.5) is 38.1 Å². The van der Waals surface area contributed by atoms with Crippen molar-refractivity contribution in [2.24, 2.45) is 5.92 Å². The number of carboxylic acids is 1. The monoisotopic (exact) mass is 594 g/mol. The maximum atomic E-state index is 14.7. The van der Waals surface area contributed by atoms with E-state index in [9.17, 15) is 44.8 Å². The first-order valence-corrected chi connectivity index (χ1v) is 13.0. The number of carboxylic acid groups (broad SMARTS) is 1. The largest absolute Gasteiger partial charge is 0.573 e. The van der Waals surface area contributed by atoms with Crippen LogP contribution < -0.4 is 20.7 Å². The Morgan fingerprint density at radius 2 is 1.77 bits per heavy atom. The van der Waals surface area contributed by atoms with Crippen LogP contribution in [0.3, 0.4) is 0 Å². The van der Waals surface area contributed by atoms with E-state index >= 15 is 0 Å². The number of sulfonamides is 1. The fourth-order valence-electron chi connectivity index (χ4n) is 3.79. The van der Waals surface area contributed by atoms with E-state index in [4.69, 9.17) is 5.11 Å². The van der Waals surface area contributed by atoms with Gasteiger partial charge in [-0.15, -0.1) is 13.2 Å². The van der Waals surface area contributed by atoms with Gasteiger partial charge in [-0.1, -0.05) is 0 Å². The van der Waals surface area contributed by atoms with Crippen molar-refractivity contribution in [3.05, 3.63) is 48.0 Å². The Kier molecular flexibility index (Phi) is 9.52. The summed E-state index contributed by atoms with van der Waals surface area (Å²) in [5.74, 6) is -6.02. The highest BCUT2D eigenvalue weighted by Crippen LogP contribution is 2.29. The van der Waals surface area contributed by atoms with Crippen LogP contribution in [0, 0.1) is 17.6 Å². The molecule has 218 valence electrons. The average molecular weight is 595 g/mol. The molecule has 1 aliphatic heterocycles. The van der Waals surface area contributed by atoms with Crippen LogP contribution in [0.1, 0.15) is 19.3 Å². The number of nitrogens with zero attached hydrogens (tertiary/aromatic N) is 1. The second-order valence-electron chi connectivity index (χ2n) is 8.55. The minimum Gasteiger partial charge on any atom is -0.481 e. The fourth-order valence-corrected chi connectivity index (χ4v) is 5.33. The summed E-state index contributed by atoms with van der Waals surface area (Å²) in [4.78, 5) is 34.6. The van der Waals surface area contributed by atoms with Gasteiger partial charge in [-0.25, -0.2) is 22.0 Å². The van der Waals surface area contributed by atoms with Gasteiger partial charge >= 0.3 is 18.4 Å². The summed E-state index contributed by atoms with van der Waals surface area (Å²) in [5, 5.41) is 15.3. The first-order chi connectivity index (χ1) is 18.7. The number of ether oxygens (including phenoxy) is 1. The predicted molar refractivity (Wildman–Crippen MR) is 129 cm³/mol. The number of hydrogen-bond acceptors (Lipinski definition) is 6. The third-order valence-corrected chi connectivity index (χ3v) is 7.50. The van der Waals surface area contributed by atoms with Crippen molar-refractivity contribution in [2.75, 3.05) is 30.3 Å². The van der Waals surface area contributed by atoms with Gasteiger partial charge < -0.3 is 25.8 Å². The molecule has 1 saturated heterocycles. The number of anilines is 2. The van der Waals surface area contributed by atoms with Crippen LogP contribution in [0.5, 0.6) is 5.75 Å². The smallest absolute Gasteiger partial charge is 0.481 e. The van der Waals surface area contributed by atoms with Gasteiger partial charge in [0.05, 0.1) is 22.9 Å². The number of aliphatic carboxylic acids is 1. The van der Waals surface area contributed by atoms with Crippen LogP contribution in [-0.2, 0) is 19.6 Å². The molecule has 1 atom stereocenters. The van der Waals surface area contributed by atoms with Crippen molar-refractivity contribution in [2.45, 2.75) is 30.5 Å². The number of urea groups is 1. The Labute approximate surface area is 224 Å². The Morgan fingerprint density at radius 1 is 1.05 bits per heavy atom. The number of carbonyl (C=O) groups excluding carboxylic acids is 2. The normalized spacial score (nSPS) is 16.2. The van der Waals surface area contributed by atoms with Gasteiger partial charge in [0.2, 0.25) is 15.9 Å². The van der Waals surface area contributed by atoms with Crippen LogP contribution in [0.2, 0.25) is 0 Å². The molecule has 0 bridgehead atoms. The average Bonchev–Trinajstić information content (AvgIpc) is 2.86. The van der Waals surface area contributed by atoms with E-state index in [0.29, 0.717) is 31.0 Å². The molecular weight excluding hydrogens is 571 g/mol. The molecule has 1 heterocycles. The molecule has 4 N–H and O–H groups in total. The zero-order valence-electron chi connectivity index (χ0n) is 20.4. The molecule has 17 heteroatoms. The minimum absolute atomic E-state index is 0.0641. The zero-order valence-corrected chi connectivity index (χ0v) is 21.2. The lowest BCUT2D eigenvalue weighted by atomic mass is 9.99. The molecule has 2 aromatic carbocycles. The van der Waals surface area contributed by atoms with Gasteiger partial charge in [-0.05, 0) is 43.2 Å². The number of rotatable bonds is 9. The highest BCUT2D eigenvalue weighted by molar-refractivity contribution is 7.89. The second kappa shape index (κ2) is 12.5. The molecule has 3 rings (SSSR count). The third kappa shape index (κ3) is 8.25. The van der Waals surface area contributed by atoms with E-state index < -0.39 is 68.2 Å². The van der Waals surface area contributed by atoms with Gasteiger partial charge in [-0.3, -0.25) is 9.59 Å². The quantitative estimate of drug-likeness (QED) is 0.324. The molecule has 11 nitrogen and oxygen atoms in total. The number of hydrogen-bond donors (Lipinski definition) is 4. The molecule has 0 spiro atoms. The lowest BCUT2D eigenvalue weighted by Crippen LogP contribution is -2.45. The number of nitrogens with one attached hydrogen (secondary N) is 3. The molecule has 40 heavy (non-hydrogen) atoms. The molecule has 0 saturated carbocycles. The molecule has 3 amide bonds. The number of piperidine rings is 1. The molecule has 1 aliphatic rings. The summed E-state index contributed by atoms with van der Waals surface area (Å²) in [7, 11) is -4.24. The lowest BCUT2D eigenvalue weighted by Gasteiger charge is -2.31. The number of alkyl halides is 3. The molecule has 0 unspecified atom stereocenters. The van der Waals surface area contributed by atoms with Crippen molar-refractivity contribution >= 4 is 39.3 Å². The fraction of sp³-hybridized carbons (Fsp3) is 0.348. The SMILES string of the molecule is O=C(O)CCNC(=O)[C@H]1CCCN(S(=O)(=O)c2ccc(NC(=O)Nc3ccc(OC(F)(F)F)c(F)c3)c(F)c2)C1. The maximum absolute atomic E-state index is 14.7. The summed E-state index contributed by atoms with van der Waals surface area (Å²) in [5.41, 5.74) is -0.737. The van der Waals surface area contributed by atoms with E-state index in [0.717, 1.165) is 22.5 Å². The molecule has 2 aromatic rings. The zero-order chi connectivity index (χ0) is 29.7. The minimum atomic E-state index is -5.13. The van der Waals surface area contributed by atoms with Crippen molar-refractivity contribution in [3.8, 4) is 5.75 Å². The van der Waals surface area contributed by atoms with E-state index in [2.05, 4.69) is 20.7 Å². The number of carbonyl (C=O) groups is 3. The molecule has 0 radical (unpaired) electrons. The standard InChI is InChI=1S/C23H23F5N4O7S/c24-16-11-15(40(37,38)32-9-1-2-13(12-32)21(35)29-8-7-20(33)34)4-5-18(16)31-22(36)30-14-3-6-19(17(25)10-14)39-23(26,27)28/h3-6,10-11,13H,1-2,7-9,12H2,(H,29,35)(H,33,34)(H2,30,31,36)/t13-/m0/s1. The molecule has 1 fully saturated rings. The van der Waals surface area contributed by atoms with Crippen LogP contribution in [-0.4, -0.2) is 61.7 Å². The van der Waals surface area contributed by atoms with Crippen LogP contribution in [0.25, 0.3) is 0 Å². The summed E-state index contributed by atoms with van der Waals surface area (Å²) in [6.07, 6.45) is -4.71. The van der Waals surface area contributed by atoms with Crippen LogP contribution >= 0.6 is 0 Å². The maximum Gasteiger partial charge on any atom is 0.573 e. The third-order valence-electron chi connectivity index (χ3n) is 5.63. The van der Waals surface area contributed by atoms with Gasteiger partial charge in [0.25, 0.3) is 0 Å². The van der Waals surface area contributed by atoms with Crippen molar-refractivity contribution in [1.82, 2.24) is 9.62 Å². The number of amides is 3. The second-order valence-corrected chi connectivity index (χ2v) is 10.5. The summed E-state index contributed by atoms with van der Waals surface area (Å²) in [6.45, 7) is -0.249. The summed E-state index contributed by atoms with van der Waals surface area (Å²) in [6, 6.07) is 3.62. The van der Waals surface area contributed by atoms with E-state index in [1.54, 1.807) is 0 Å². The Balaban J connectivity index is 1.64. The summed E-state index contributed by atoms with van der Waals surface area (Å²) < 4.78 is 95.9. The highest BCUT2D eigenvalue weighted by atomic mass is 32.2. The van der Waals surface area contributed by atoms with Gasteiger partial charge in [0, 0.05) is 31.4 Å². The lowest BCUT2D eigenvalue weighted by molar-refractivity contribution is -0.275. The highest BCUT2D eigenvalue weighted by Gasteiger charge is 2.34. The Hall–Kier alpha value is -3.99. The van der Waals surface area contributed by atoms with E-state index in [-0.39, 0.29) is 31.7 Å². The molecule has 0 aromatic heterocycles. The van der Waals surface area contributed by atoms with E-state index in [1.165, 1.54) is 0 Å². The predicted octanol–water partition coefficient (Wildman–Crippen LogP) is 3.50. The Morgan fingerprint density at radius 3 is 2.40 bits per heavy atom. The number of benzene rings is 2. The molecule has 0 aliphatic carbocycles. The topological polar surface area (TPSA) is 154 Å². The Bertz CT molecular complexity index is 1390. The van der Waals surface area contributed by atoms with E-state index in [1.807, 2.05) is 0 Å². The van der Waals surface area contributed by atoms with Crippen molar-refractivity contribution in [3.63, 3.8) is 0 Å².